The molecule has 236 valence electrons. The highest BCUT2D eigenvalue weighted by atomic mass is 16.5. The molecule has 0 aromatic heterocycles. The number of aliphatic hydroxyl groups excluding tert-OH is 1. The number of aliphatic carboxylic acids is 1. The van der Waals surface area contributed by atoms with E-state index in [0.717, 1.165) is 63.4 Å². The van der Waals surface area contributed by atoms with Gasteiger partial charge in [-0.1, -0.05) is 62.4 Å². The van der Waals surface area contributed by atoms with Gasteiger partial charge in [-0.2, -0.15) is 0 Å². The third-order valence-electron chi connectivity index (χ3n) is 8.63. The zero-order valence-electron chi connectivity index (χ0n) is 25.7. The summed E-state index contributed by atoms with van der Waals surface area (Å²) in [4.78, 5) is 11.5. The number of terminal acetylenes is 1. The highest BCUT2D eigenvalue weighted by molar-refractivity contribution is 5.67. The van der Waals surface area contributed by atoms with Gasteiger partial charge < -0.3 is 29.2 Å². The minimum atomic E-state index is -0.856. The molecule has 2 heterocycles. The lowest BCUT2D eigenvalue weighted by Crippen LogP contribution is -2.41. The summed E-state index contributed by atoms with van der Waals surface area (Å²) >= 11 is 0. The molecule has 0 amide bonds. The third kappa shape index (κ3) is 14.0. The molecule has 2 aliphatic heterocycles. The summed E-state index contributed by atoms with van der Waals surface area (Å²) < 4.78 is 24.8. The number of carboxylic acid groups (broad SMARTS) is 1. The summed E-state index contributed by atoms with van der Waals surface area (Å²) in [6.07, 6.45) is 19.7. The quantitative estimate of drug-likeness (QED) is 0.128. The topological polar surface area (TPSA) is 94.5 Å². The molecule has 7 nitrogen and oxygen atoms in total. The molecule has 2 aliphatic rings. The van der Waals surface area contributed by atoms with E-state index in [1.807, 2.05) is 30.3 Å². The zero-order chi connectivity index (χ0) is 30.0. The molecule has 2 N–H and O–H groups in total. The predicted octanol–water partition coefficient (Wildman–Crippen LogP) is 6.83. The lowest BCUT2D eigenvalue weighted by Gasteiger charge is -2.37. The smallest absolute Gasteiger partial charge is 0.305 e. The van der Waals surface area contributed by atoms with Crippen molar-refractivity contribution in [3.63, 3.8) is 0 Å². The lowest BCUT2D eigenvalue weighted by atomic mass is 9.92. The van der Waals surface area contributed by atoms with E-state index in [1.54, 1.807) is 7.11 Å². The lowest BCUT2D eigenvalue weighted by molar-refractivity contribution is -0.155. The first-order valence-electron chi connectivity index (χ1n) is 16.3. The molecule has 0 radical (unpaired) electrons. The average molecular weight is 587 g/mol. The fraction of sp³-hybridized carbons (Fsp3) is 0.743. The summed E-state index contributed by atoms with van der Waals surface area (Å²) in [7, 11) is 1.73. The van der Waals surface area contributed by atoms with Gasteiger partial charge in [-0.3, -0.25) is 4.79 Å². The monoisotopic (exact) mass is 586 g/mol. The van der Waals surface area contributed by atoms with Gasteiger partial charge in [-0.15, -0.1) is 12.3 Å². The van der Waals surface area contributed by atoms with Gasteiger partial charge in [0.2, 0.25) is 0 Å². The van der Waals surface area contributed by atoms with E-state index in [2.05, 4.69) is 5.92 Å². The summed E-state index contributed by atoms with van der Waals surface area (Å²) in [5.74, 6) is 1.84. The number of ether oxygens (including phenoxy) is 4. The molecule has 0 unspecified atom stereocenters. The van der Waals surface area contributed by atoms with Crippen LogP contribution < -0.4 is 0 Å². The second-order valence-electron chi connectivity index (χ2n) is 12.3. The van der Waals surface area contributed by atoms with Gasteiger partial charge in [-0.05, 0) is 63.4 Å². The standard InChI is InChI=1S/C35H54O7/c1-3-4-5-6-7-8-9-13-17-28(36)20-29-18-14-19-30(41-29)21-31(39-2)22-33-23-32(24-34(42-33)25-35(37)38)40-26-27-15-11-10-12-16-27/h1,10-12,15-16,28-34,36H,4-9,13-14,17-26H2,2H3,(H,37,38)/t28-,29-,30-,31+,32+,33+,34+/m0/s1. The average Bonchev–Trinajstić information content (AvgIpc) is 2.97. The van der Waals surface area contributed by atoms with E-state index in [-0.39, 0.29) is 49.1 Å². The largest absolute Gasteiger partial charge is 0.481 e. The molecule has 2 fully saturated rings. The van der Waals surface area contributed by atoms with Crippen molar-refractivity contribution < 1.29 is 34.0 Å². The van der Waals surface area contributed by atoms with Gasteiger partial charge >= 0.3 is 5.97 Å². The number of carboxylic acids is 1. The highest BCUT2D eigenvalue weighted by Crippen LogP contribution is 2.31. The molecule has 2 saturated heterocycles. The summed E-state index contributed by atoms with van der Waals surface area (Å²) in [6, 6.07) is 10.0. The molecular weight excluding hydrogens is 532 g/mol. The van der Waals surface area contributed by atoms with E-state index in [9.17, 15) is 15.0 Å². The second kappa shape index (κ2) is 20.1. The number of methoxy groups -OCH3 is 1. The summed E-state index contributed by atoms with van der Waals surface area (Å²) in [5, 5.41) is 20.0. The number of aliphatic hydroxyl groups is 1. The molecule has 0 spiro atoms. The van der Waals surface area contributed by atoms with Crippen molar-refractivity contribution in [3.8, 4) is 12.3 Å². The van der Waals surface area contributed by atoms with E-state index < -0.39 is 5.97 Å². The Bertz CT molecular complexity index is 900. The first-order chi connectivity index (χ1) is 20.4. The minimum Gasteiger partial charge on any atom is -0.481 e. The molecular formula is C35H54O7. The van der Waals surface area contributed by atoms with Crippen LogP contribution in [0.25, 0.3) is 0 Å². The van der Waals surface area contributed by atoms with Crippen LogP contribution in [0.15, 0.2) is 30.3 Å². The minimum absolute atomic E-state index is 0.0262. The van der Waals surface area contributed by atoms with E-state index >= 15 is 0 Å². The molecule has 7 atom stereocenters. The van der Waals surface area contributed by atoms with Gasteiger partial charge in [0.25, 0.3) is 0 Å². The maximum Gasteiger partial charge on any atom is 0.305 e. The van der Waals surface area contributed by atoms with Crippen molar-refractivity contribution in [1.29, 1.82) is 0 Å². The number of hydrogen-bond donors (Lipinski definition) is 2. The second-order valence-corrected chi connectivity index (χ2v) is 12.3. The van der Waals surface area contributed by atoms with Gasteiger partial charge in [0, 0.05) is 20.0 Å². The van der Waals surface area contributed by atoms with Gasteiger partial charge in [0.05, 0.1) is 55.8 Å². The van der Waals surface area contributed by atoms with Gasteiger partial charge in [-0.25, -0.2) is 0 Å². The predicted molar refractivity (Wildman–Crippen MR) is 164 cm³/mol. The third-order valence-corrected chi connectivity index (χ3v) is 8.63. The highest BCUT2D eigenvalue weighted by Gasteiger charge is 2.34. The Kier molecular flexibility index (Phi) is 16.5. The Balaban J connectivity index is 1.40. The van der Waals surface area contributed by atoms with Crippen LogP contribution in [-0.4, -0.2) is 66.0 Å². The molecule has 7 heteroatoms. The Morgan fingerprint density at radius 2 is 1.60 bits per heavy atom. The first-order valence-corrected chi connectivity index (χ1v) is 16.3. The first kappa shape index (κ1) is 34.5. The van der Waals surface area contributed by atoms with Crippen molar-refractivity contribution in [2.75, 3.05) is 7.11 Å². The Hall–Kier alpha value is -1.95. The molecule has 1 aromatic rings. The van der Waals surface area contributed by atoms with Crippen LogP contribution in [0, 0.1) is 12.3 Å². The summed E-state index contributed by atoms with van der Waals surface area (Å²) in [5.41, 5.74) is 1.10. The van der Waals surface area contributed by atoms with Crippen molar-refractivity contribution in [2.24, 2.45) is 0 Å². The maximum absolute atomic E-state index is 11.5. The van der Waals surface area contributed by atoms with Crippen LogP contribution in [0.5, 0.6) is 0 Å². The van der Waals surface area contributed by atoms with Crippen molar-refractivity contribution >= 4 is 5.97 Å². The fourth-order valence-corrected chi connectivity index (χ4v) is 6.41. The number of carbonyl (C=O) groups is 1. The van der Waals surface area contributed by atoms with Gasteiger partial charge in [0.1, 0.15) is 0 Å². The van der Waals surface area contributed by atoms with Crippen molar-refractivity contribution in [1.82, 2.24) is 0 Å². The SMILES string of the molecule is C#CCCCCCCCC[C@H](O)C[C@@H]1CCC[C@@H](C[C@H](C[C@@H]2C[C@@H](OCc3ccccc3)C[C@H](CC(=O)O)O2)OC)O1. The Morgan fingerprint density at radius 1 is 0.952 bits per heavy atom. The number of hydrogen-bond acceptors (Lipinski definition) is 6. The van der Waals surface area contributed by atoms with E-state index in [1.165, 1.54) is 19.3 Å². The van der Waals surface area contributed by atoms with Crippen LogP contribution in [0.3, 0.4) is 0 Å². The van der Waals surface area contributed by atoms with Crippen molar-refractivity contribution in [2.45, 2.75) is 158 Å². The van der Waals surface area contributed by atoms with Crippen molar-refractivity contribution in [3.05, 3.63) is 35.9 Å². The van der Waals surface area contributed by atoms with Crippen LogP contribution in [0.2, 0.25) is 0 Å². The molecule has 0 saturated carbocycles. The van der Waals surface area contributed by atoms with Crippen LogP contribution in [-0.2, 0) is 30.3 Å². The molecule has 0 bridgehead atoms. The number of benzene rings is 1. The normalized spacial score (nSPS) is 25.9. The Labute approximate surface area is 253 Å². The molecule has 42 heavy (non-hydrogen) atoms. The molecule has 0 aliphatic carbocycles. The van der Waals surface area contributed by atoms with E-state index in [0.29, 0.717) is 32.3 Å². The van der Waals surface area contributed by atoms with E-state index in [4.69, 9.17) is 25.4 Å². The molecule has 3 rings (SSSR count). The Morgan fingerprint density at radius 3 is 2.31 bits per heavy atom. The summed E-state index contributed by atoms with van der Waals surface area (Å²) in [6.45, 7) is 0.502. The van der Waals surface area contributed by atoms with Crippen LogP contribution in [0.1, 0.15) is 115 Å². The van der Waals surface area contributed by atoms with Crippen LogP contribution >= 0.6 is 0 Å². The fourth-order valence-electron chi connectivity index (χ4n) is 6.41. The van der Waals surface area contributed by atoms with Crippen LogP contribution in [0.4, 0.5) is 0 Å². The van der Waals surface area contributed by atoms with Gasteiger partial charge in [0.15, 0.2) is 0 Å². The number of rotatable bonds is 20. The number of unbranched alkanes of at least 4 members (excludes halogenated alkanes) is 6. The zero-order valence-corrected chi connectivity index (χ0v) is 25.7. The molecule has 1 aromatic carbocycles. The maximum atomic E-state index is 11.5.